The number of amides is 1. The van der Waals surface area contributed by atoms with E-state index in [-0.39, 0.29) is 18.4 Å². The van der Waals surface area contributed by atoms with Crippen LogP contribution in [0.2, 0.25) is 0 Å². The number of aliphatic hydroxyl groups is 1. The molecule has 0 bridgehead atoms. The van der Waals surface area contributed by atoms with Gasteiger partial charge >= 0.3 is 0 Å². The number of hydrogen-bond acceptors (Lipinski definition) is 2. The molecule has 0 saturated heterocycles. The lowest BCUT2D eigenvalue weighted by Crippen LogP contribution is -2.44. The standard InChI is InChI=1S/C16H23NO2/c1-4-13(2)16(3,19)12-17-15(18)11-10-14-8-6-5-7-9-14/h5-11,13,19H,4,12H2,1-3H3,(H,17,18). The maximum Gasteiger partial charge on any atom is 0.244 e. The van der Waals surface area contributed by atoms with E-state index in [9.17, 15) is 9.90 Å². The summed E-state index contributed by atoms with van der Waals surface area (Å²) in [7, 11) is 0. The van der Waals surface area contributed by atoms with Gasteiger partial charge in [-0.1, -0.05) is 50.6 Å². The average Bonchev–Trinajstić information content (AvgIpc) is 2.43. The van der Waals surface area contributed by atoms with Crippen LogP contribution in [0.3, 0.4) is 0 Å². The van der Waals surface area contributed by atoms with Crippen LogP contribution in [-0.4, -0.2) is 23.2 Å². The maximum atomic E-state index is 11.7. The van der Waals surface area contributed by atoms with Crippen molar-refractivity contribution < 1.29 is 9.90 Å². The molecule has 1 aromatic rings. The van der Waals surface area contributed by atoms with Crippen LogP contribution in [-0.2, 0) is 4.79 Å². The quantitative estimate of drug-likeness (QED) is 0.773. The normalized spacial score (nSPS) is 16.0. The van der Waals surface area contributed by atoms with E-state index in [2.05, 4.69) is 5.32 Å². The molecule has 0 radical (unpaired) electrons. The van der Waals surface area contributed by atoms with Crippen LogP contribution in [0.15, 0.2) is 36.4 Å². The summed E-state index contributed by atoms with van der Waals surface area (Å²) in [4.78, 5) is 11.7. The molecule has 3 nitrogen and oxygen atoms in total. The monoisotopic (exact) mass is 261 g/mol. The predicted octanol–water partition coefficient (Wildman–Crippen LogP) is 2.61. The second kappa shape index (κ2) is 7.10. The first-order valence-electron chi connectivity index (χ1n) is 6.69. The van der Waals surface area contributed by atoms with E-state index >= 15 is 0 Å². The zero-order valence-corrected chi connectivity index (χ0v) is 11.9. The highest BCUT2D eigenvalue weighted by molar-refractivity contribution is 5.91. The number of benzene rings is 1. The molecular weight excluding hydrogens is 238 g/mol. The highest BCUT2D eigenvalue weighted by atomic mass is 16.3. The number of carbonyl (C=O) groups excluding carboxylic acids is 1. The Bertz CT molecular complexity index is 424. The van der Waals surface area contributed by atoms with E-state index < -0.39 is 5.60 Å². The molecule has 1 rings (SSSR count). The summed E-state index contributed by atoms with van der Waals surface area (Å²) in [5.41, 5.74) is 0.108. The lowest BCUT2D eigenvalue weighted by atomic mass is 9.89. The van der Waals surface area contributed by atoms with Gasteiger partial charge in [-0.25, -0.2) is 0 Å². The molecule has 0 fully saturated rings. The molecule has 0 saturated carbocycles. The minimum atomic E-state index is -0.870. The van der Waals surface area contributed by atoms with Crippen LogP contribution in [0.25, 0.3) is 6.08 Å². The Labute approximate surface area is 115 Å². The van der Waals surface area contributed by atoms with Crippen molar-refractivity contribution in [1.82, 2.24) is 5.32 Å². The summed E-state index contributed by atoms with van der Waals surface area (Å²) < 4.78 is 0. The number of hydrogen-bond donors (Lipinski definition) is 2. The number of nitrogens with one attached hydrogen (secondary N) is 1. The number of carbonyl (C=O) groups is 1. The van der Waals surface area contributed by atoms with Gasteiger partial charge in [-0.05, 0) is 24.5 Å². The molecule has 0 heterocycles. The third-order valence-electron chi connectivity index (χ3n) is 3.52. The highest BCUT2D eigenvalue weighted by Crippen LogP contribution is 2.18. The zero-order valence-electron chi connectivity index (χ0n) is 11.9. The molecule has 0 spiro atoms. The highest BCUT2D eigenvalue weighted by Gasteiger charge is 2.26. The van der Waals surface area contributed by atoms with Crippen molar-refractivity contribution in [3.05, 3.63) is 42.0 Å². The van der Waals surface area contributed by atoms with E-state index in [1.807, 2.05) is 44.2 Å². The average molecular weight is 261 g/mol. The summed E-state index contributed by atoms with van der Waals surface area (Å²) >= 11 is 0. The van der Waals surface area contributed by atoms with Gasteiger partial charge in [0.15, 0.2) is 0 Å². The summed E-state index contributed by atoms with van der Waals surface area (Å²) in [6.07, 6.45) is 4.12. The topological polar surface area (TPSA) is 49.3 Å². The van der Waals surface area contributed by atoms with Gasteiger partial charge in [-0.3, -0.25) is 4.79 Å². The van der Waals surface area contributed by atoms with Crippen LogP contribution in [0.5, 0.6) is 0 Å². The van der Waals surface area contributed by atoms with E-state index in [0.717, 1.165) is 12.0 Å². The fraction of sp³-hybridized carbons (Fsp3) is 0.438. The molecule has 19 heavy (non-hydrogen) atoms. The molecular formula is C16H23NO2. The minimum absolute atomic E-state index is 0.144. The lowest BCUT2D eigenvalue weighted by molar-refractivity contribution is -0.118. The third-order valence-corrected chi connectivity index (χ3v) is 3.52. The summed E-state index contributed by atoms with van der Waals surface area (Å²) in [6, 6.07) is 9.63. The van der Waals surface area contributed by atoms with E-state index in [1.54, 1.807) is 13.0 Å². The Kier molecular flexibility index (Phi) is 5.77. The summed E-state index contributed by atoms with van der Waals surface area (Å²) in [6.45, 7) is 6.02. The van der Waals surface area contributed by atoms with Crippen LogP contribution >= 0.6 is 0 Å². The fourth-order valence-electron chi connectivity index (χ4n) is 1.68. The Hall–Kier alpha value is -1.61. The van der Waals surface area contributed by atoms with Gasteiger partial charge in [0.25, 0.3) is 0 Å². The molecule has 1 amide bonds. The largest absolute Gasteiger partial charge is 0.388 e. The minimum Gasteiger partial charge on any atom is -0.388 e. The van der Waals surface area contributed by atoms with Crippen molar-refractivity contribution in [3.8, 4) is 0 Å². The zero-order chi connectivity index (χ0) is 14.3. The second-order valence-corrected chi connectivity index (χ2v) is 5.13. The van der Waals surface area contributed by atoms with Crippen molar-refractivity contribution in [3.63, 3.8) is 0 Å². The summed E-state index contributed by atoms with van der Waals surface area (Å²) in [5.74, 6) is -0.0432. The molecule has 2 atom stereocenters. The van der Waals surface area contributed by atoms with Gasteiger partial charge in [0, 0.05) is 12.6 Å². The van der Waals surface area contributed by atoms with Crippen molar-refractivity contribution in [2.24, 2.45) is 5.92 Å². The van der Waals surface area contributed by atoms with Crippen molar-refractivity contribution in [1.29, 1.82) is 0 Å². The maximum absolute atomic E-state index is 11.7. The lowest BCUT2D eigenvalue weighted by Gasteiger charge is -2.29. The third kappa shape index (κ3) is 5.26. The van der Waals surface area contributed by atoms with Crippen LogP contribution in [0, 0.1) is 5.92 Å². The van der Waals surface area contributed by atoms with Crippen molar-refractivity contribution >= 4 is 12.0 Å². The Morgan fingerprint density at radius 2 is 2.05 bits per heavy atom. The number of rotatable bonds is 6. The van der Waals surface area contributed by atoms with Gasteiger partial charge in [-0.2, -0.15) is 0 Å². The van der Waals surface area contributed by atoms with E-state index in [1.165, 1.54) is 6.08 Å². The van der Waals surface area contributed by atoms with Crippen molar-refractivity contribution in [2.75, 3.05) is 6.54 Å². The van der Waals surface area contributed by atoms with E-state index in [4.69, 9.17) is 0 Å². The molecule has 0 aliphatic heterocycles. The fourth-order valence-corrected chi connectivity index (χ4v) is 1.68. The smallest absolute Gasteiger partial charge is 0.244 e. The first kappa shape index (κ1) is 15.4. The SMILES string of the molecule is CCC(C)C(C)(O)CNC(=O)C=Cc1ccccc1. The van der Waals surface area contributed by atoms with Gasteiger partial charge < -0.3 is 10.4 Å². The van der Waals surface area contributed by atoms with Crippen molar-refractivity contribution in [2.45, 2.75) is 32.8 Å². The van der Waals surface area contributed by atoms with E-state index in [0.29, 0.717) is 0 Å². The molecule has 1 aromatic carbocycles. The van der Waals surface area contributed by atoms with Crippen LogP contribution < -0.4 is 5.32 Å². The first-order chi connectivity index (χ1) is 8.95. The molecule has 0 aromatic heterocycles. The predicted molar refractivity (Wildman–Crippen MR) is 78.6 cm³/mol. The first-order valence-corrected chi connectivity index (χ1v) is 6.69. The molecule has 104 valence electrons. The Morgan fingerprint density at radius 3 is 2.63 bits per heavy atom. The van der Waals surface area contributed by atoms with Gasteiger partial charge in [0.1, 0.15) is 0 Å². The second-order valence-electron chi connectivity index (χ2n) is 5.13. The molecule has 0 aliphatic rings. The van der Waals surface area contributed by atoms with Gasteiger partial charge in [0.05, 0.1) is 5.60 Å². The Balaban J connectivity index is 2.46. The van der Waals surface area contributed by atoms with Crippen LogP contribution in [0.4, 0.5) is 0 Å². The molecule has 2 unspecified atom stereocenters. The molecule has 0 aliphatic carbocycles. The van der Waals surface area contributed by atoms with Crippen LogP contribution in [0.1, 0.15) is 32.8 Å². The molecule has 3 heteroatoms. The Morgan fingerprint density at radius 1 is 1.42 bits per heavy atom. The molecule has 2 N–H and O–H groups in total. The van der Waals surface area contributed by atoms with Gasteiger partial charge in [-0.15, -0.1) is 0 Å². The summed E-state index contributed by atoms with van der Waals surface area (Å²) in [5, 5.41) is 12.9. The van der Waals surface area contributed by atoms with Gasteiger partial charge in [0.2, 0.25) is 5.91 Å².